The normalized spacial score (nSPS) is 11.6. The van der Waals surface area contributed by atoms with Gasteiger partial charge in [0.25, 0.3) is 0 Å². The predicted molar refractivity (Wildman–Crippen MR) is 141 cm³/mol. The summed E-state index contributed by atoms with van der Waals surface area (Å²) in [6, 6.07) is 16.1. The van der Waals surface area contributed by atoms with Crippen LogP contribution in [0.1, 0.15) is 18.4 Å². The van der Waals surface area contributed by atoms with E-state index in [-0.39, 0.29) is 4.90 Å². The molecular weight excluding hydrogens is 538 g/mol. The summed E-state index contributed by atoms with van der Waals surface area (Å²) in [5.74, 6) is 0.771. The molecule has 2 heterocycles. The lowest BCUT2D eigenvalue weighted by Crippen LogP contribution is -2.25. The first-order chi connectivity index (χ1) is 16.4. The Kier molecular flexibility index (Phi) is 7.67. The molecule has 0 saturated heterocycles. The van der Waals surface area contributed by atoms with E-state index in [1.165, 1.54) is 0 Å². The lowest BCUT2D eigenvalue weighted by Gasteiger charge is -2.12. The fraction of sp³-hybridized carbons (Fsp3) is 0.167. The van der Waals surface area contributed by atoms with Crippen molar-refractivity contribution in [3.8, 4) is 11.3 Å². The van der Waals surface area contributed by atoms with Gasteiger partial charge in [0.05, 0.1) is 21.3 Å². The van der Waals surface area contributed by atoms with Crippen LogP contribution in [-0.2, 0) is 10.0 Å². The van der Waals surface area contributed by atoms with Gasteiger partial charge in [0, 0.05) is 29.7 Å². The number of hydrogen-bond donors (Lipinski definition) is 2. The molecule has 0 radical (unpaired) electrons. The molecule has 2 N–H and O–H groups in total. The van der Waals surface area contributed by atoms with Crippen molar-refractivity contribution in [3.05, 3.63) is 82.4 Å². The molecule has 0 saturated carbocycles. The summed E-state index contributed by atoms with van der Waals surface area (Å²) in [5.41, 5.74) is 3.00. The molecule has 0 spiro atoms. The van der Waals surface area contributed by atoms with E-state index in [9.17, 15) is 8.42 Å². The van der Waals surface area contributed by atoms with Gasteiger partial charge >= 0.3 is 0 Å². The smallest absolute Gasteiger partial charge is 0.240 e. The zero-order chi connectivity index (χ0) is 24.1. The zero-order valence-corrected chi connectivity index (χ0v) is 21.4. The number of unbranched alkanes of at least 4 members (excludes halogenated alkanes) is 1. The summed E-state index contributed by atoms with van der Waals surface area (Å²) in [5, 5.41) is 8.38. The fourth-order valence-electron chi connectivity index (χ4n) is 3.43. The molecule has 176 valence electrons. The number of fused-ring (bicyclic) bond motifs is 1. The molecule has 4 aromatic rings. The Bertz CT molecular complexity index is 1440. The number of benzene rings is 2. The Morgan fingerprint density at radius 1 is 1.09 bits per heavy atom. The molecule has 0 atom stereocenters. The average molecular weight is 561 g/mol. The van der Waals surface area contributed by atoms with Gasteiger partial charge in [-0.05, 0) is 52.5 Å². The summed E-state index contributed by atoms with van der Waals surface area (Å²) in [6.07, 6.45) is 4.74. The number of rotatable bonds is 10. The van der Waals surface area contributed by atoms with Gasteiger partial charge in [0.2, 0.25) is 10.0 Å². The van der Waals surface area contributed by atoms with Crippen LogP contribution < -0.4 is 10.0 Å². The van der Waals surface area contributed by atoms with Gasteiger partial charge < -0.3 is 5.32 Å². The highest BCUT2D eigenvalue weighted by Gasteiger charge is 2.14. The van der Waals surface area contributed by atoms with Gasteiger partial charge in [0.15, 0.2) is 5.65 Å². The number of hydrogen-bond acceptors (Lipinski definition) is 5. The highest BCUT2D eigenvalue weighted by atomic mass is 79.9. The lowest BCUT2D eigenvalue weighted by molar-refractivity contribution is 0.577. The maximum absolute atomic E-state index is 12.5. The van der Waals surface area contributed by atoms with Crippen molar-refractivity contribution in [3.63, 3.8) is 0 Å². The van der Waals surface area contributed by atoms with E-state index in [1.807, 2.05) is 36.4 Å². The standard InChI is InChI=1S/C24H23BrClN5O2S/c1-2-17-8-7-9-18(14-17)34(32,33)29-13-6-5-12-27-23-15-22(19-10-3-4-11-21(19)26)30-24-20(25)16-28-31(23)24/h2-4,7-11,14-16,27,29H,1,5-6,12-13H2. The number of halogens is 2. The summed E-state index contributed by atoms with van der Waals surface area (Å²) in [7, 11) is -3.56. The number of nitrogens with zero attached hydrogens (tertiary/aromatic N) is 3. The Morgan fingerprint density at radius 2 is 1.88 bits per heavy atom. The van der Waals surface area contributed by atoms with Crippen LogP contribution in [0.2, 0.25) is 5.02 Å². The largest absolute Gasteiger partial charge is 0.370 e. The van der Waals surface area contributed by atoms with E-state index in [1.54, 1.807) is 35.0 Å². The Hall–Kier alpha value is -2.72. The van der Waals surface area contributed by atoms with Crippen molar-refractivity contribution >= 4 is 55.1 Å². The van der Waals surface area contributed by atoms with Crippen LogP contribution >= 0.6 is 27.5 Å². The summed E-state index contributed by atoms with van der Waals surface area (Å²) in [4.78, 5) is 4.93. The summed E-state index contributed by atoms with van der Waals surface area (Å²) in [6.45, 7) is 4.65. The second-order valence-corrected chi connectivity index (χ2v) is 10.6. The van der Waals surface area contributed by atoms with Crippen LogP contribution in [0.4, 0.5) is 5.82 Å². The first-order valence-corrected chi connectivity index (χ1v) is 13.3. The van der Waals surface area contributed by atoms with Crippen LogP contribution in [-0.4, -0.2) is 36.1 Å². The number of nitrogens with one attached hydrogen (secondary N) is 2. The molecule has 0 aliphatic carbocycles. The van der Waals surface area contributed by atoms with Crippen LogP contribution in [0.3, 0.4) is 0 Å². The van der Waals surface area contributed by atoms with Crippen LogP contribution in [0.5, 0.6) is 0 Å². The van der Waals surface area contributed by atoms with E-state index in [4.69, 9.17) is 16.6 Å². The maximum Gasteiger partial charge on any atom is 0.240 e. The molecule has 0 aliphatic heterocycles. The minimum absolute atomic E-state index is 0.235. The topological polar surface area (TPSA) is 88.4 Å². The SMILES string of the molecule is C=Cc1cccc(S(=O)(=O)NCCCCNc2cc(-c3ccccc3Cl)nc3c(Br)cnn23)c1. The third kappa shape index (κ3) is 5.50. The molecule has 0 aliphatic rings. The molecule has 0 unspecified atom stereocenters. The summed E-state index contributed by atoms with van der Waals surface area (Å²) < 4.78 is 30.2. The molecule has 10 heteroatoms. The number of sulfonamides is 1. The molecule has 2 aromatic heterocycles. The van der Waals surface area contributed by atoms with Gasteiger partial charge in [0.1, 0.15) is 5.82 Å². The Morgan fingerprint density at radius 3 is 2.68 bits per heavy atom. The molecule has 0 amide bonds. The van der Waals surface area contributed by atoms with E-state index in [0.29, 0.717) is 30.2 Å². The fourth-order valence-corrected chi connectivity index (χ4v) is 5.14. The second-order valence-electron chi connectivity index (χ2n) is 7.54. The average Bonchev–Trinajstić information content (AvgIpc) is 3.22. The van der Waals surface area contributed by atoms with Crippen LogP contribution in [0, 0.1) is 0 Å². The third-order valence-electron chi connectivity index (χ3n) is 5.18. The Labute approximate surface area is 212 Å². The van der Waals surface area contributed by atoms with E-state index in [2.05, 4.69) is 37.6 Å². The number of anilines is 1. The maximum atomic E-state index is 12.5. The quantitative estimate of drug-likeness (QED) is 0.246. The minimum atomic E-state index is -3.56. The first-order valence-electron chi connectivity index (χ1n) is 10.6. The lowest BCUT2D eigenvalue weighted by atomic mass is 10.1. The van der Waals surface area contributed by atoms with Crippen molar-refractivity contribution in [2.24, 2.45) is 0 Å². The minimum Gasteiger partial charge on any atom is -0.370 e. The van der Waals surface area contributed by atoms with Crippen molar-refractivity contribution in [1.29, 1.82) is 0 Å². The van der Waals surface area contributed by atoms with Gasteiger partial charge in [-0.3, -0.25) is 0 Å². The molecule has 34 heavy (non-hydrogen) atoms. The Balaban J connectivity index is 1.38. The zero-order valence-electron chi connectivity index (χ0n) is 18.2. The third-order valence-corrected chi connectivity index (χ3v) is 7.53. The number of aromatic nitrogens is 3. The molecule has 4 rings (SSSR count). The monoisotopic (exact) mass is 559 g/mol. The van der Waals surface area contributed by atoms with E-state index in [0.717, 1.165) is 33.5 Å². The van der Waals surface area contributed by atoms with Crippen molar-refractivity contribution in [1.82, 2.24) is 19.3 Å². The van der Waals surface area contributed by atoms with Crippen LogP contribution in [0.15, 0.2) is 76.7 Å². The second kappa shape index (κ2) is 10.7. The van der Waals surface area contributed by atoms with Crippen molar-refractivity contribution < 1.29 is 8.42 Å². The van der Waals surface area contributed by atoms with Gasteiger partial charge in [-0.25, -0.2) is 18.1 Å². The van der Waals surface area contributed by atoms with Gasteiger partial charge in [-0.15, -0.1) is 0 Å². The highest BCUT2D eigenvalue weighted by Crippen LogP contribution is 2.30. The van der Waals surface area contributed by atoms with Crippen molar-refractivity contribution in [2.45, 2.75) is 17.7 Å². The molecule has 0 bridgehead atoms. The first kappa shape index (κ1) is 24.4. The highest BCUT2D eigenvalue weighted by molar-refractivity contribution is 9.10. The predicted octanol–water partition coefficient (Wildman–Crippen LogP) is 5.63. The molecule has 0 fully saturated rings. The van der Waals surface area contributed by atoms with Crippen molar-refractivity contribution in [2.75, 3.05) is 18.4 Å². The van der Waals surface area contributed by atoms with Gasteiger partial charge in [-0.2, -0.15) is 9.61 Å². The summed E-state index contributed by atoms with van der Waals surface area (Å²) >= 11 is 9.88. The van der Waals surface area contributed by atoms with Crippen LogP contribution in [0.25, 0.3) is 23.0 Å². The van der Waals surface area contributed by atoms with Gasteiger partial charge in [-0.1, -0.05) is 54.6 Å². The molecule has 2 aromatic carbocycles. The van der Waals surface area contributed by atoms with E-state index < -0.39 is 10.0 Å². The molecule has 7 nitrogen and oxygen atoms in total. The van der Waals surface area contributed by atoms with E-state index >= 15 is 0 Å². The molecular formula is C24H23BrClN5O2S.